The summed E-state index contributed by atoms with van der Waals surface area (Å²) in [4.78, 5) is 39.6. The van der Waals surface area contributed by atoms with E-state index in [0.717, 1.165) is 90.3 Å². The zero-order valence-corrected chi connectivity index (χ0v) is 21.7. The van der Waals surface area contributed by atoms with Crippen LogP contribution in [0.25, 0.3) is 0 Å². The maximum atomic E-state index is 12.4. The molecular formula is C27H49N3O4. The lowest BCUT2D eigenvalue weighted by atomic mass is 9.81. The Balaban J connectivity index is 0.00000199. The fourth-order valence-corrected chi connectivity index (χ4v) is 4.90. The molecule has 0 aromatic carbocycles. The van der Waals surface area contributed by atoms with E-state index in [9.17, 15) is 14.4 Å². The lowest BCUT2D eigenvalue weighted by Gasteiger charge is -2.30. The summed E-state index contributed by atoms with van der Waals surface area (Å²) in [6.07, 6.45) is 13.1. The quantitative estimate of drug-likeness (QED) is 0.332. The van der Waals surface area contributed by atoms with Crippen LogP contribution in [0.4, 0.5) is 0 Å². The summed E-state index contributed by atoms with van der Waals surface area (Å²) in [5.74, 6) is 0.986. The van der Waals surface area contributed by atoms with Gasteiger partial charge in [-0.2, -0.15) is 0 Å². The summed E-state index contributed by atoms with van der Waals surface area (Å²) in [7, 11) is 0. The third-order valence-electron chi connectivity index (χ3n) is 7.22. The lowest BCUT2D eigenvalue weighted by molar-refractivity contribution is -0.138. The summed E-state index contributed by atoms with van der Waals surface area (Å²) >= 11 is 0. The van der Waals surface area contributed by atoms with Gasteiger partial charge in [0, 0.05) is 52.3 Å². The fourth-order valence-electron chi connectivity index (χ4n) is 4.90. The van der Waals surface area contributed by atoms with Gasteiger partial charge in [0.2, 0.25) is 5.91 Å². The highest BCUT2D eigenvalue weighted by Crippen LogP contribution is 2.30. The average molecular weight is 480 g/mol. The Kier molecular flexibility index (Phi) is 13.4. The molecule has 1 aliphatic carbocycles. The van der Waals surface area contributed by atoms with Crippen LogP contribution in [0.15, 0.2) is 12.2 Å². The van der Waals surface area contributed by atoms with E-state index in [-0.39, 0.29) is 25.1 Å². The Hall–Kier alpha value is -1.73. The van der Waals surface area contributed by atoms with Gasteiger partial charge in [0.15, 0.2) is 0 Å². The van der Waals surface area contributed by atoms with Crippen molar-refractivity contribution < 1.29 is 20.5 Å². The molecule has 1 saturated heterocycles. The monoisotopic (exact) mass is 479 g/mol. The first-order valence-electron chi connectivity index (χ1n) is 13.6. The lowest BCUT2D eigenvalue weighted by Crippen LogP contribution is -2.38. The second kappa shape index (κ2) is 16.0. The number of ether oxygens (including phenoxy) is 1. The minimum absolute atomic E-state index is 0. The van der Waals surface area contributed by atoms with Gasteiger partial charge in [0.25, 0.3) is 11.8 Å². The van der Waals surface area contributed by atoms with E-state index in [1.54, 1.807) is 0 Å². The first kappa shape index (κ1) is 28.5. The van der Waals surface area contributed by atoms with Crippen molar-refractivity contribution in [1.29, 1.82) is 0 Å². The molecule has 0 aromatic rings. The number of unbranched alkanes of at least 4 members (excludes halogenated alkanes) is 3. The van der Waals surface area contributed by atoms with E-state index in [2.05, 4.69) is 17.1 Å². The topological polar surface area (TPSA) is 79.0 Å². The molecule has 3 amide bonds. The van der Waals surface area contributed by atoms with Gasteiger partial charge in [-0.25, -0.2) is 0 Å². The maximum Gasteiger partial charge on any atom is 0.253 e. The molecule has 3 aliphatic rings. The van der Waals surface area contributed by atoms with Crippen molar-refractivity contribution >= 4 is 17.7 Å². The number of carbonyl (C=O) groups is 3. The van der Waals surface area contributed by atoms with Crippen LogP contribution in [-0.4, -0.2) is 67.0 Å². The molecule has 2 aliphatic heterocycles. The molecule has 0 bridgehead atoms. The number of carbonyl (C=O) groups excluding carboxylic acids is 3. The fraction of sp³-hybridized carbons (Fsp3) is 0.815. The largest absolute Gasteiger partial charge is 0.366 e. The summed E-state index contributed by atoms with van der Waals surface area (Å²) in [5, 5.41) is 3.10. The Bertz CT molecular complexity index is 639. The number of piperidine rings is 1. The highest BCUT2D eigenvalue weighted by molar-refractivity contribution is 6.12. The standard InChI is InChI=1S/C25H41N3O4.C2H6.H2/c1-20-12-15-27(16-13-20)19-32-17-5-3-2-4-14-26-25(31)22-8-6-21(7-9-22)18-28-23(29)10-11-24(28)30;1-2;/h10-11,20-22H,2-9,12-19H2,1H3,(H,26,31);1-2H3;1H. The number of rotatable bonds is 12. The number of hydrogen-bond acceptors (Lipinski definition) is 5. The van der Waals surface area contributed by atoms with Crippen molar-refractivity contribution in [1.82, 2.24) is 15.1 Å². The zero-order valence-electron chi connectivity index (χ0n) is 21.7. The van der Waals surface area contributed by atoms with E-state index < -0.39 is 0 Å². The normalized spacial score (nSPS) is 23.7. The highest BCUT2D eigenvalue weighted by atomic mass is 16.5. The van der Waals surface area contributed by atoms with Gasteiger partial charge in [-0.15, -0.1) is 0 Å². The predicted molar refractivity (Wildman–Crippen MR) is 137 cm³/mol. The van der Waals surface area contributed by atoms with Gasteiger partial charge in [0.1, 0.15) is 0 Å². The summed E-state index contributed by atoms with van der Waals surface area (Å²) in [5.41, 5.74) is 0. The van der Waals surface area contributed by atoms with E-state index in [1.165, 1.54) is 29.9 Å². The van der Waals surface area contributed by atoms with Crippen LogP contribution in [-0.2, 0) is 19.1 Å². The van der Waals surface area contributed by atoms with Crippen LogP contribution in [0.5, 0.6) is 0 Å². The van der Waals surface area contributed by atoms with Gasteiger partial charge >= 0.3 is 0 Å². The molecule has 1 N–H and O–H groups in total. The second-order valence-electron chi connectivity index (χ2n) is 9.88. The van der Waals surface area contributed by atoms with Gasteiger partial charge in [0.05, 0.1) is 6.73 Å². The van der Waals surface area contributed by atoms with E-state index >= 15 is 0 Å². The van der Waals surface area contributed by atoms with Gasteiger partial charge in [-0.05, 0) is 63.2 Å². The highest BCUT2D eigenvalue weighted by Gasteiger charge is 2.31. The molecular weight excluding hydrogens is 430 g/mol. The molecule has 2 heterocycles. The van der Waals surface area contributed by atoms with Crippen LogP contribution in [0.3, 0.4) is 0 Å². The van der Waals surface area contributed by atoms with Gasteiger partial charge in [-0.3, -0.25) is 24.2 Å². The summed E-state index contributed by atoms with van der Waals surface area (Å²) in [6.45, 7) is 11.5. The number of amides is 3. The van der Waals surface area contributed by atoms with Crippen molar-refractivity contribution in [2.24, 2.45) is 17.8 Å². The molecule has 0 unspecified atom stereocenters. The number of nitrogens with zero attached hydrogens (tertiary/aromatic N) is 2. The smallest absolute Gasteiger partial charge is 0.253 e. The molecule has 7 heteroatoms. The van der Waals surface area contributed by atoms with Crippen LogP contribution in [0.1, 0.15) is 86.4 Å². The number of hydrogen-bond donors (Lipinski definition) is 1. The molecule has 1 saturated carbocycles. The van der Waals surface area contributed by atoms with Crippen LogP contribution >= 0.6 is 0 Å². The Morgan fingerprint density at radius 3 is 2.24 bits per heavy atom. The third-order valence-corrected chi connectivity index (χ3v) is 7.22. The molecule has 0 spiro atoms. The molecule has 196 valence electrons. The van der Waals surface area contributed by atoms with Crippen LogP contribution < -0.4 is 5.32 Å². The summed E-state index contributed by atoms with van der Waals surface area (Å²) < 4.78 is 5.81. The summed E-state index contributed by atoms with van der Waals surface area (Å²) in [6, 6.07) is 0. The van der Waals surface area contributed by atoms with E-state index in [4.69, 9.17) is 4.74 Å². The van der Waals surface area contributed by atoms with Crippen molar-refractivity contribution in [3.63, 3.8) is 0 Å². The maximum absolute atomic E-state index is 12.4. The van der Waals surface area contributed by atoms with Crippen molar-refractivity contribution in [3.8, 4) is 0 Å². The molecule has 0 aromatic heterocycles. The first-order chi connectivity index (χ1) is 16.5. The molecule has 0 atom stereocenters. The van der Waals surface area contributed by atoms with E-state index in [1.807, 2.05) is 13.8 Å². The minimum Gasteiger partial charge on any atom is -0.366 e. The number of nitrogens with one attached hydrogen (secondary N) is 1. The van der Waals surface area contributed by atoms with Gasteiger partial charge < -0.3 is 10.1 Å². The van der Waals surface area contributed by atoms with Crippen molar-refractivity contribution in [2.75, 3.05) is 39.5 Å². The van der Waals surface area contributed by atoms with Crippen molar-refractivity contribution in [3.05, 3.63) is 12.2 Å². The van der Waals surface area contributed by atoms with Crippen LogP contribution in [0, 0.1) is 17.8 Å². The van der Waals surface area contributed by atoms with Crippen molar-refractivity contribution in [2.45, 2.75) is 85.0 Å². The second-order valence-corrected chi connectivity index (χ2v) is 9.88. The first-order valence-corrected chi connectivity index (χ1v) is 13.6. The van der Waals surface area contributed by atoms with E-state index in [0.29, 0.717) is 12.5 Å². The SMILES string of the molecule is CC.CC1CCN(COCCCCCCNC(=O)C2CCC(CN3C(=O)C=CC3=O)CC2)CC1.[HH]. The molecule has 3 rings (SSSR count). The number of likely N-dealkylation sites (tertiary alicyclic amines) is 1. The molecule has 0 radical (unpaired) electrons. The van der Waals surface area contributed by atoms with Crippen LogP contribution in [0.2, 0.25) is 0 Å². The Labute approximate surface area is 208 Å². The zero-order chi connectivity index (χ0) is 24.8. The van der Waals surface area contributed by atoms with Gasteiger partial charge in [-0.1, -0.05) is 33.6 Å². The third kappa shape index (κ3) is 9.87. The Morgan fingerprint density at radius 2 is 1.59 bits per heavy atom. The molecule has 2 fully saturated rings. The predicted octanol–water partition coefficient (Wildman–Crippen LogP) is 4.37. The number of imide groups is 1. The minimum atomic E-state index is -0.210. The molecule has 34 heavy (non-hydrogen) atoms. The Morgan fingerprint density at radius 1 is 0.971 bits per heavy atom. The average Bonchev–Trinajstić information content (AvgIpc) is 3.17. The molecule has 7 nitrogen and oxygen atoms in total.